The third kappa shape index (κ3) is 26.9. The van der Waals surface area contributed by atoms with Gasteiger partial charge in [-0.3, -0.25) is 0 Å². The van der Waals surface area contributed by atoms with Crippen molar-refractivity contribution in [3.63, 3.8) is 0 Å². The van der Waals surface area contributed by atoms with Gasteiger partial charge in [-0.15, -0.1) is 0 Å². The molecule has 348 valence electrons. The van der Waals surface area contributed by atoms with Crippen molar-refractivity contribution in [2.75, 3.05) is 0 Å². The van der Waals surface area contributed by atoms with Crippen LogP contribution in [0.3, 0.4) is 0 Å². The molecule has 3 N–H and O–H groups in total. The van der Waals surface area contributed by atoms with E-state index < -0.39 is 17.9 Å². The van der Waals surface area contributed by atoms with Crippen molar-refractivity contribution < 1.29 is 29.7 Å². The van der Waals surface area contributed by atoms with Gasteiger partial charge in [0.2, 0.25) is 0 Å². The summed E-state index contributed by atoms with van der Waals surface area (Å²) in [6, 6.07) is 0. The Morgan fingerprint density at radius 2 is 0.467 bits per heavy atom. The highest BCUT2D eigenvalue weighted by molar-refractivity contribution is 6.07. The molecule has 1 aromatic rings. The molecule has 0 aliphatic rings. The minimum absolute atomic E-state index is 0.0794. The zero-order valence-corrected chi connectivity index (χ0v) is 40.3. The van der Waals surface area contributed by atoms with Crippen molar-refractivity contribution >= 4 is 17.9 Å². The average molecular weight is 841 g/mol. The number of hydrogen-bond acceptors (Lipinski definition) is 3. The fourth-order valence-corrected chi connectivity index (χ4v) is 9.25. The van der Waals surface area contributed by atoms with Crippen LogP contribution in [0.15, 0.2) is 0 Å². The number of carbonyl (C=O) groups is 3. The van der Waals surface area contributed by atoms with Gasteiger partial charge in [-0.2, -0.15) is 0 Å². The third-order valence-corrected chi connectivity index (χ3v) is 12.8. The first-order valence-corrected chi connectivity index (χ1v) is 25.8. The Bertz CT molecular complexity index is 1260. The number of carboxylic acids is 3. The first-order valence-electron chi connectivity index (χ1n) is 25.8. The van der Waals surface area contributed by atoms with Crippen LogP contribution in [0.5, 0.6) is 0 Å². The molecule has 0 fully saturated rings. The lowest BCUT2D eigenvalue weighted by molar-refractivity contribution is 0.0646. The topological polar surface area (TPSA) is 112 Å². The number of rotatable bonds is 42. The normalized spacial score (nSPS) is 11.8. The summed E-state index contributed by atoms with van der Waals surface area (Å²) in [5.74, 6) is -1.34. The van der Waals surface area contributed by atoms with Gasteiger partial charge in [0.25, 0.3) is 0 Å². The van der Waals surface area contributed by atoms with Crippen molar-refractivity contribution in [1.29, 1.82) is 0 Å². The number of unbranched alkanes of at least 4 members (excludes halogenated alkanes) is 27. The molecule has 6 heteroatoms. The number of carboxylic acid groups (broad SMARTS) is 3. The molecule has 0 saturated carbocycles. The maximum absolute atomic E-state index is 13.2. The van der Waals surface area contributed by atoms with Gasteiger partial charge in [0, 0.05) is 0 Å². The fraction of sp³-hybridized carbons (Fsp3) is 0.833. The van der Waals surface area contributed by atoms with E-state index in [-0.39, 0.29) is 28.7 Å². The van der Waals surface area contributed by atoms with Gasteiger partial charge in [-0.1, -0.05) is 234 Å². The van der Waals surface area contributed by atoms with E-state index in [1.807, 2.05) is 0 Å². The van der Waals surface area contributed by atoms with E-state index in [0.29, 0.717) is 30.4 Å². The van der Waals surface area contributed by atoms with Gasteiger partial charge < -0.3 is 15.3 Å². The Morgan fingerprint density at radius 1 is 0.283 bits per heavy atom. The van der Waals surface area contributed by atoms with Crippen molar-refractivity contribution in [3.8, 4) is 0 Å². The Morgan fingerprint density at radius 3 is 0.700 bits per heavy atom. The van der Waals surface area contributed by atoms with Crippen LogP contribution in [0, 0.1) is 17.8 Å². The molecule has 0 spiro atoms. The quantitative estimate of drug-likeness (QED) is 0.0565. The molecule has 0 radical (unpaired) electrons. The van der Waals surface area contributed by atoms with Crippen molar-refractivity contribution in [2.45, 2.75) is 273 Å². The van der Waals surface area contributed by atoms with E-state index in [0.717, 1.165) is 88.4 Å². The fourth-order valence-electron chi connectivity index (χ4n) is 9.25. The summed E-state index contributed by atoms with van der Waals surface area (Å²) in [5.41, 5.74) is 0.919. The minimum atomic E-state index is -1.32. The van der Waals surface area contributed by atoms with Gasteiger partial charge in [0.05, 0.1) is 16.7 Å². The summed E-state index contributed by atoms with van der Waals surface area (Å²) in [6.45, 7) is 13.7. The van der Waals surface area contributed by atoms with E-state index in [2.05, 4.69) is 41.5 Å². The molecule has 0 amide bonds. The highest BCUT2D eigenvalue weighted by atomic mass is 16.4. The largest absolute Gasteiger partial charge is 0.478 e. The van der Waals surface area contributed by atoms with Crippen LogP contribution >= 0.6 is 0 Å². The molecule has 0 saturated heterocycles. The van der Waals surface area contributed by atoms with Crippen LogP contribution in [0.25, 0.3) is 0 Å². The zero-order valence-electron chi connectivity index (χ0n) is 40.3. The van der Waals surface area contributed by atoms with Crippen molar-refractivity contribution in [1.82, 2.24) is 0 Å². The molecule has 0 unspecified atom stereocenters. The molecule has 6 nitrogen and oxygen atoms in total. The number of hydrogen-bond donors (Lipinski definition) is 3. The predicted octanol–water partition coefficient (Wildman–Crippen LogP) is 17.2. The van der Waals surface area contributed by atoms with Crippen LogP contribution in [0.1, 0.15) is 301 Å². The molecule has 0 heterocycles. The van der Waals surface area contributed by atoms with E-state index in [1.54, 1.807) is 0 Å². The molecule has 1 aromatic carbocycles. The summed E-state index contributed by atoms with van der Waals surface area (Å²) in [5, 5.41) is 31.9. The van der Waals surface area contributed by atoms with Crippen LogP contribution in [0.2, 0.25) is 0 Å². The van der Waals surface area contributed by atoms with E-state index in [4.69, 9.17) is 0 Å². The Balaban J connectivity index is 2.99. The lowest BCUT2D eigenvalue weighted by Gasteiger charge is -2.22. The molecular formula is C54H96O6. The third-order valence-electron chi connectivity index (χ3n) is 12.8. The van der Waals surface area contributed by atoms with Gasteiger partial charge >= 0.3 is 17.9 Å². The zero-order chi connectivity index (χ0) is 44.4. The first-order chi connectivity index (χ1) is 28.9. The summed E-state index contributed by atoms with van der Waals surface area (Å²) < 4.78 is 0. The lowest BCUT2D eigenvalue weighted by Crippen LogP contribution is -2.22. The second-order valence-electron chi connectivity index (χ2n) is 19.9. The van der Waals surface area contributed by atoms with E-state index >= 15 is 0 Å². The van der Waals surface area contributed by atoms with Crippen molar-refractivity contribution in [3.05, 3.63) is 33.4 Å². The highest BCUT2D eigenvalue weighted by Gasteiger charge is 2.32. The summed E-state index contributed by atoms with van der Waals surface area (Å²) in [4.78, 5) is 39.1. The predicted molar refractivity (Wildman–Crippen MR) is 255 cm³/mol. The van der Waals surface area contributed by atoms with E-state index in [9.17, 15) is 29.7 Å². The molecule has 0 atom stereocenters. The van der Waals surface area contributed by atoms with E-state index in [1.165, 1.54) is 135 Å². The van der Waals surface area contributed by atoms with Gasteiger partial charge in [-0.25, -0.2) is 14.4 Å². The van der Waals surface area contributed by atoms with Gasteiger partial charge in [0.15, 0.2) is 0 Å². The molecular weight excluding hydrogens is 745 g/mol. The number of benzene rings is 1. The van der Waals surface area contributed by atoms with Crippen LogP contribution < -0.4 is 0 Å². The lowest BCUT2D eigenvalue weighted by atomic mass is 9.80. The average Bonchev–Trinajstić information content (AvgIpc) is 3.18. The smallest absolute Gasteiger partial charge is 0.336 e. The molecule has 1 rings (SSSR count). The van der Waals surface area contributed by atoms with Gasteiger partial charge in [0.1, 0.15) is 0 Å². The van der Waals surface area contributed by atoms with Crippen LogP contribution in [-0.4, -0.2) is 33.2 Å². The summed E-state index contributed by atoms with van der Waals surface area (Å²) >= 11 is 0. The monoisotopic (exact) mass is 841 g/mol. The first kappa shape index (κ1) is 55.6. The number of aromatic carboxylic acids is 3. The summed E-state index contributed by atoms with van der Waals surface area (Å²) in [6.07, 6.45) is 39.6. The van der Waals surface area contributed by atoms with Crippen LogP contribution in [0.4, 0.5) is 0 Å². The maximum atomic E-state index is 13.2. The Labute approximate surface area is 370 Å². The SMILES string of the molecule is CC(C)CCCCCCCCCCCCc1c(CCCCCCCCCCCCC(C)C)c(C(=O)O)c(C(=O)O)c(CCCCCCCCCCCCC(C)C)c1C(=O)O. The Hall–Kier alpha value is -2.37. The molecule has 0 aliphatic heterocycles. The second-order valence-corrected chi connectivity index (χ2v) is 19.9. The summed E-state index contributed by atoms with van der Waals surface area (Å²) in [7, 11) is 0. The van der Waals surface area contributed by atoms with Crippen LogP contribution in [-0.2, 0) is 19.3 Å². The molecule has 0 aromatic heterocycles. The molecule has 0 aliphatic carbocycles. The standard InChI is InChI=1S/C54H96O6/c1-43(2)37-31-25-19-13-7-10-16-22-28-34-40-46-47(41-35-29-23-17-11-8-14-20-26-32-38-44(3)4)50(53(57)58)51(54(59)60)48(49(46)52(55)56)42-36-30-24-18-12-9-15-21-27-33-39-45(5)6/h43-45H,7-42H2,1-6H3,(H,55,56)(H,57,58)(H,59,60). The second kappa shape index (κ2) is 36.1. The molecule has 60 heavy (non-hydrogen) atoms. The Kier molecular flexibility index (Phi) is 33.5. The maximum Gasteiger partial charge on any atom is 0.336 e. The minimum Gasteiger partial charge on any atom is -0.478 e. The highest BCUT2D eigenvalue weighted by Crippen LogP contribution is 2.34. The molecule has 0 bridgehead atoms. The van der Waals surface area contributed by atoms with Crippen molar-refractivity contribution in [2.24, 2.45) is 17.8 Å². The van der Waals surface area contributed by atoms with Gasteiger partial charge in [-0.05, 0) is 73.0 Å².